The van der Waals surface area contributed by atoms with E-state index in [0.29, 0.717) is 30.4 Å². The number of benzene rings is 3. The first-order chi connectivity index (χ1) is 22.0. The molecule has 45 heavy (non-hydrogen) atoms. The number of thiophene rings is 1. The number of amides is 2. The van der Waals surface area contributed by atoms with Gasteiger partial charge >= 0.3 is 0 Å². The van der Waals surface area contributed by atoms with Crippen LogP contribution in [0.3, 0.4) is 0 Å². The molecule has 0 spiro atoms. The molecule has 0 fully saturated rings. The molecule has 0 saturated carbocycles. The van der Waals surface area contributed by atoms with Gasteiger partial charge in [0, 0.05) is 13.0 Å². The van der Waals surface area contributed by atoms with Gasteiger partial charge in [-0.2, -0.15) is 5.10 Å². The van der Waals surface area contributed by atoms with Crippen molar-refractivity contribution < 1.29 is 9.59 Å². The number of carbonyl (C=O) groups is 2. The van der Waals surface area contributed by atoms with Crippen LogP contribution in [0.1, 0.15) is 45.4 Å². The Labute approximate surface area is 271 Å². The summed E-state index contributed by atoms with van der Waals surface area (Å²) in [5.74, 6) is 0.637. The van der Waals surface area contributed by atoms with Crippen LogP contribution >= 0.6 is 23.1 Å². The summed E-state index contributed by atoms with van der Waals surface area (Å²) in [6, 6.07) is 32.1. The van der Waals surface area contributed by atoms with Crippen molar-refractivity contribution in [3.05, 3.63) is 135 Å². The Kier molecular flexibility index (Phi) is 9.82. The van der Waals surface area contributed by atoms with Crippen molar-refractivity contribution in [1.29, 1.82) is 0 Å². The Balaban J connectivity index is 1.17. The van der Waals surface area contributed by atoms with E-state index in [4.69, 9.17) is 5.10 Å². The largest absolute Gasteiger partial charge is 0.349 e. The second-order valence-electron chi connectivity index (χ2n) is 10.9. The van der Waals surface area contributed by atoms with Gasteiger partial charge < -0.3 is 9.88 Å². The summed E-state index contributed by atoms with van der Waals surface area (Å²) in [5, 5.41) is 21.0. The van der Waals surface area contributed by atoms with Gasteiger partial charge in [-0.25, -0.2) is 5.01 Å². The average Bonchev–Trinajstić information content (AvgIpc) is 3.83. The fraction of sp³-hybridized carbons (Fsp3) is 0.229. The second kappa shape index (κ2) is 14.5. The summed E-state index contributed by atoms with van der Waals surface area (Å²) in [4.78, 5) is 27.5. The highest BCUT2D eigenvalue weighted by Gasteiger charge is 2.33. The third-order valence-corrected chi connectivity index (χ3v) is 9.54. The third kappa shape index (κ3) is 7.76. The van der Waals surface area contributed by atoms with Crippen LogP contribution in [0.25, 0.3) is 0 Å². The van der Waals surface area contributed by atoms with Gasteiger partial charge in [0.25, 0.3) is 5.91 Å². The van der Waals surface area contributed by atoms with Crippen LogP contribution in [-0.2, 0) is 35.5 Å². The molecule has 228 valence electrons. The number of aromatic nitrogens is 3. The number of nitrogens with one attached hydrogen (secondary N) is 1. The number of nitrogens with zero attached hydrogens (tertiary/aromatic N) is 5. The molecule has 0 aliphatic carbocycles. The number of hydrazone groups is 1. The lowest BCUT2D eigenvalue weighted by Gasteiger charge is -2.22. The van der Waals surface area contributed by atoms with Crippen LogP contribution in [0.4, 0.5) is 0 Å². The lowest BCUT2D eigenvalue weighted by molar-refractivity contribution is -0.130. The highest BCUT2D eigenvalue weighted by Crippen LogP contribution is 2.35. The van der Waals surface area contributed by atoms with Crippen LogP contribution in [-0.4, -0.2) is 43.1 Å². The van der Waals surface area contributed by atoms with E-state index in [2.05, 4.69) is 58.8 Å². The number of hydrogen-bond donors (Lipinski definition) is 1. The molecule has 0 unspecified atom stereocenters. The lowest BCUT2D eigenvalue weighted by atomic mass is 10.00. The van der Waals surface area contributed by atoms with E-state index in [9.17, 15) is 9.59 Å². The van der Waals surface area contributed by atoms with Gasteiger partial charge in [-0.1, -0.05) is 108 Å². The summed E-state index contributed by atoms with van der Waals surface area (Å²) in [7, 11) is 0. The number of aryl methyl sites for hydroxylation is 2. The molecule has 5 aromatic rings. The molecule has 10 heteroatoms. The molecular weight excluding hydrogens is 601 g/mol. The Morgan fingerprint density at radius 3 is 2.36 bits per heavy atom. The predicted molar refractivity (Wildman–Crippen MR) is 179 cm³/mol. The van der Waals surface area contributed by atoms with Crippen molar-refractivity contribution in [1.82, 2.24) is 25.1 Å². The van der Waals surface area contributed by atoms with Crippen molar-refractivity contribution in [2.45, 2.75) is 50.5 Å². The minimum Gasteiger partial charge on any atom is -0.349 e. The van der Waals surface area contributed by atoms with Crippen LogP contribution in [0.5, 0.6) is 0 Å². The number of hydrogen-bond acceptors (Lipinski definition) is 7. The fourth-order valence-corrected chi connectivity index (χ4v) is 6.82. The molecular formula is C35H34N6O2S2. The van der Waals surface area contributed by atoms with Gasteiger partial charge in [-0.15, -0.1) is 21.5 Å². The van der Waals surface area contributed by atoms with Crippen LogP contribution in [0.15, 0.2) is 113 Å². The lowest BCUT2D eigenvalue weighted by Crippen LogP contribution is -2.29. The van der Waals surface area contributed by atoms with E-state index in [1.807, 2.05) is 70.6 Å². The van der Waals surface area contributed by atoms with E-state index < -0.39 is 0 Å². The Morgan fingerprint density at radius 2 is 1.64 bits per heavy atom. The third-order valence-electron chi connectivity index (χ3n) is 7.67. The first-order valence-corrected chi connectivity index (χ1v) is 16.8. The van der Waals surface area contributed by atoms with Crippen molar-refractivity contribution in [2.24, 2.45) is 5.10 Å². The quantitative estimate of drug-likeness (QED) is 0.165. The van der Waals surface area contributed by atoms with E-state index >= 15 is 0 Å². The van der Waals surface area contributed by atoms with Crippen molar-refractivity contribution in [3.8, 4) is 0 Å². The average molecular weight is 635 g/mol. The smallest absolute Gasteiger partial charge is 0.253 e. The number of rotatable bonds is 12. The highest BCUT2D eigenvalue weighted by molar-refractivity contribution is 7.99. The maximum Gasteiger partial charge on any atom is 0.253 e. The first kappa shape index (κ1) is 30.5. The van der Waals surface area contributed by atoms with Gasteiger partial charge in [0.2, 0.25) is 5.91 Å². The van der Waals surface area contributed by atoms with Crippen molar-refractivity contribution >= 4 is 40.6 Å². The monoisotopic (exact) mass is 634 g/mol. The molecule has 2 aromatic heterocycles. The Bertz CT molecular complexity index is 1750. The maximum absolute atomic E-state index is 13.8. The van der Waals surface area contributed by atoms with Crippen LogP contribution in [0.2, 0.25) is 0 Å². The SMILES string of the molecule is Cc1ccc([C@@H]2CC(c3cccs3)=NN2C(=O)CSc2nnc(CNC(=O)Cc3ccccc3)n2CCc2ccccc2)cc1. The van der Waals surface area contributed by atoms with Crippen molar-refractivity contribution in [2.75, 3.05) is 5.75 Å². The minimum atomic E-state index is -0.165. The van der Waals surface area contributed by atoms with E-state index in [0.717, 1.165) is 28.1 Å². The molecule has 1 aliphatic heterocycles. The molecule has 0 bridgehead atoms. The van der Waals surface area contributed by atoms with E-state index in [1.54, 1.807) is 16.3 Å². The standard InChI is InChI=1S/C35H34N6O2S2/c1-25-14-16-28(17-15-25)30-22-29(31-13-8-20-44-31)39-41(30)34(43)24-45-35-38-37-32(40(35)19-18-26-9-4-2-5-10-26)23-36-33(42)21-27-11-6-3-7-12-27/h2-17,20,30H,18-19,21-24H2,1H3,(H,36,42)/t30-/m0/s1. The number of carbonyl (C=O) groups excluding carboxylic acids is 2. The van der Waals surface area contributed by atoms with Gasteiger partial charge in [0.05, 0.1) is 35.3 Å². The summed E-state index contributed by atoms with van der Waals surface area (Å²) < 4.78 is 2.01. The van der Waals surface area contributed by atoms with E-state index in [-0.39, 0.29) is 30.2 Å². The minimum absolute atomic E-state index is 0.0845. The topological polar surface area (TPSA) is 92.5 Å². The molecule has 6 rings (SSSR count). The molecule has 1 N–H and O–H groups in total. The maximum atomic E-state index is 13.8. The normalized spacial score (nSPS) is 14.4. The number of thioether (sulfide) groups is 1. The predicted octanol–water partition coefficient (Wildman–Crippen LogP) is 6.22. The van der Waals surface area contributed by atoms with Crippen LogP contribution in [0, 0.1) is 6.92 Å². The summed E-state index contributed by atoms with van der Waals surface area (Å²) in [6.07, 6.45) is 1.72. The van der Waals surface area contributed by atoms with Gasteiger partial charge in [-0.3, -0.25) is 9.59 Å². The van der Waals surface area contributed by atoms with Crippen molar-refractivity contribution in [3.63, 3.8) is 0 Å². The van der Waals surface area contributed by atoms with Gasteiger partial charge in [0.15, 0.2) is 11.0 Å². The molecule has 2 amide bonds. The second-order valence-corrected chi connectivity index (χ2v) is 12.8. The Hall–Kier alpha value is -4.54. The van der Waals surface area contributed by atoms with Crippen LogP contribution < -0.4 is 5.32 Å². The molecule has 1 aliphatic rings. The van der Waals surface area contributed by atoms with Gasteiger partial charge in [-0.05, 0) is 41.5 Å². The first-order valence-electron chi connectivity index (χ1n) is 14.9. The zero-order valence-electron chi connectivity index (χ0n) is 25.0. The van der Waals surface area contributed by atoms with Gasteiger partial charge in [0.1, 0.15) is 0 Å². The molecule has 0 saturated heterocycles. The molecule has 3 heterocycles. The zero-order valence-corrected chi connectivity index (χ0v) is 26.6. The Morgan fingerprint density at radius 1 is 0.911 bits per heavy atom. The summed E-state index contributed by atoms with van der Waals surface area (Å²) >= 11 is 2.99. The molecule has 8 nitrogen and oxygen atoms in total. The molecule has 3 aromatic carbocycles. The van der Waals surface area contributed by atoms with E-state index in [1.165, 1.54) is 22.9 Å². The summed E-state index contributed by atoms with van der Waals surface area (Å²) in [5.41, 5.74) is 5.30. The zero-order chi connectivity index (χ0) is 31.0. The molecule has 1 atom stereocenters. The fourth-order valence-electron chi connectivity index (χ4n) is 5.26. The summed E-state index contributed by atoms with van der Waals surface area (Å²) in [6.45, 7) is 2.92. The molecule has 0 radical (unpaired) electrons. The highest BCUT2D eigenvalue weighted by atomic mass is 32.2.